The summed E-state index contributed by atoms with van der Waals surface area (Å²) in [5.74, 6) is 0.543. The fourth-order valence-corrected chi connectivity index (χ4v) is 2.45. The van der Waals surface area contributed by atoms with Crippen LogP contribution < -0.4 is 0 Å². The van der Waals surface area contributed by atoms with Gasteiger partial charge in [-0.15, -0.1) is 0 Å². The number of aromatic amines is 1. The Labute approximate surface area is 90.7 Å². The van der Waals surface area contributed by atoms with E-state index in [1.165, 1.54) is 22.2 Å². The third-order valence-corrected chi connectivity index (χ3v) is 2.90. The van der Waals surface area contributed by atoms with Crippen LogP contribution in [0.25, 0.3) is 10.9 Å². The van der Waals surface area contributed by atoms with Gasteiger partial charge in [0, 0.05) is 28.0 Å². The second kappa shape index (κ2) is 3.37. The van der Waals surface area contributed by atoms with Gasteiger partial charge >= 0.3 is 0 Å². The Hall–Kier alpha value is -1.31. The summed E-state index contributed by atoms with van der Waals surface area (Å²) >= 11 is 0. The van der Waals surface area contributed by atoms with Gasteiger partial charge in [0.05, 0.1) is 0 Å². The maximum atomic E-state index is 4.54. The molecule has 0 saturated carbocycles. The highest BCUT2D eigenvalue weighted by molar-refractivity contribution is 5.87. The summed E-state index contributed by atoms with van der Waals surface area (Å²) in [6.07, 6.45) is 0. The predicted molar refractivity (Wildman–Crippen MR) is 64.4 cm³/mol. The van der Waals surface area contributed by atoms with Crippen molar-refractivity contribution in [3.05, 3.63) is 28.7 Å². The van der Waals surface area contributed by atoms with E-state index in [-0.39, 0.29) is 0 Å². The number of hydrogen-bond donors (Lipinski definition) is 1. The van der Waals surface area contributed by atoms with Gasteiger partial charge in [0.1, 0.15) is 0 Å². The number of aryl methyl sites for hydroxylation is 3. The van der Waals surface area contributed by atoms with E-state index in [2.05, 4.69) is 43.7 Å². The number of fused-ring (bicyclic) bond motifs is 1. The second-order valence-electron chi connectivity index (χ2n) is 4.59. The van der Waals surface area contributed by atoms with Gasteiger partial charge < -0.3 is 4.98 Å². The molecule has 80 valence electrons. The van der Waals surface area contributed by atoms with Crippen molar-refractivity contribution >= 4 is 10.9 Å². The number of nitrogens with zero attached hydrogens (tertiary/aromatic N) is 1. The first-order valence-corrected chi connectivity index (χ1v) is 5.47. The lowest BCUT2D eigenvalue weighted by atomic mass is 9.99. The average Bonchev–Trinajstić information content (AvgIpc) is 2.40. The molecule has 0 fully saturated rings. The molecule has 0 aliphatic heterocycles. The fourth-order valence-electron chi connectivity index (χ4n) is 2.45. The third-order valence-electron chi connectivity index (χ3n) is 2.90. The van der Waals surface area contributed by atoms with Crippen molar-refractivity contribution in [2.24, 2.45) is 0 Å². The highest BCUT2D eigenvalue weighted by Gasteiger charge is 2.14. The van der Waals surface area contributed by atoms with Crippen LogP contribution in [-0.4, -0.2) is 9.97 Å². The molecule has 2 rings (SSSR count). The third kappa shape index (κ3) is 1.54. The lowest BCUT2D eigenvalue weighted by molar-refractivity contribution is 0.862. The lowest BCUT2D eigenvalue weighted by Gasteiger charge is -2.06. The van der Waals surface area contributed by atoms with E-state index in [0.717, 1.165) is 11.4 Å². The highest BCUT2D eigenvalue weighted by Crippen LogP contribution is 2.30. The van der Waals surface area contributed by atoms with Gasteiger partial charge in [0.2, 0.25) is 0 Å². The highest BCUT2D eigenvalue weighted by atomic mass is 14.8. The molecule has 0 atom stereocenters. The van der Waals surface area contributed by atoms with Crippen molar-refractivity contribution < 1.29 is 0 Å². The maximum Gasteiger partial charge on any atom is 0.0495 e. The molecule has 0 amide bonds. The molecule has 2 heteroatoms. The molecule has 2 nitrogen and oxygen atoms in total. The van der Waals surface area contributed by atoms with E-state index in [9.17, 15) is 0 Å². The first-order valence-electron chi connectivity index (χ1n) is 5.47. The Morgan fingerprint density at radius 1 is 1.20 bits per heavy atom. The number of H-pyrrole nitrogens is 1. The van der Waals surface area contributed by atoms with Crippen LogP contribution in [0.15, 0.2) is 6.07 Å². The first-order chi connectivity index (χ1) is 7.00. The summed E-state index contributed by atoms with van der Waals surface area (Å²) in [5.41, 5.74) is 6.13. The Morgan fingerprint density at radius 3 is 2.47 bits per heavy atom. The standard InChI is InChI=1S/C13H18N2/c1-7(2)12-9(4)15-11-6-8(3)14-10(5)13(11)12/h6-7,15H,1-5H3. The number of aromatic nitrogens is 2. The zero-order valence-electron chi connectivity index (χ0n) is 10.1. The van der Waals surface area contributed by atoms with E-state index >= 15 is 0 Å². The van der Waals surface area contributed by atoms with Crippen molar-refractivity contribution in [1.82, 2.24) is 9.97 Å². The van der Waals surface area contributed by atoms with E-state index in [4.69, 9.17) is 0 Å². The zero-order valence-corrected chi connectivity index (χ0v) is 10.1. The molecule has 2 aromatic heterocycles. The van der Waals surface area contributed by atoms with Gasteiger partial charge in [0.15, 0.2) is 0 Å². The van der Waals surface area contributed by atoms with Gasteiger partial charge in [-0.2, -0.15) is 0 Å². The summed E-state index contributed by atoms with van der Waals surface area (Å²) in [7, 11) is 0. The number of nitrogens with one attached hydrogen (secondary N) is 1. The average molecular weight is 202 g/mol. The molecule has 0 bridgehead atoms. The monoisotopic (exact) mass is 202 g/mol. The minimum atomic E-state index is 0.543. The van der Waals surface area contributed by atoms with Crippen LogP contribution in [0.1, 0.15) is 42.4 Å². The molecule has 2 heterocycles. The number of pyridine rings is 1. The fraction of sp³-hybridized carbons (Fsp3) is 0.462. The van der Waals surface area contributed by atoms with Crippen LogP contribution >= 0.6 is 0 Å². The van der Waals surface area contributed by atoms with Gasteiger partial charge in [0.25, 0.3) is 0 Å². The van der Waals surface area contributed by atoms with Crippen molar-refractivity contribution in [2.45, 2.75) is 40.5 Å². The second-order valence-corrected chi connectivity index (χ2v) is 4.59. The summed E-state index contributed by atoms with van der Waals surface area (Å²) in [6.45, 7) is 10.7. The molecule has 15 heavy (non-hydrogen) atoms. The summed E-state index contributed by atoms with van der Waals surface area (Å²) in [5, 5.41) is 1.31. The van der Waals surface area contributed by atoms with E-state index in [1.807, 2.05) is 6.92 Å². The molecule has 2 aromatic rings. The summed E-state index contributed by atoms with van der Waals surface area (Å²) in [6, 6.07) is 2.13. The van der Waals surface area contributed by atoms with Crippen LogP contribution in [-0.2, 0) is 0 Å². The van der Waals surface area contributed by atoms with Crippen LogP contribution in [0.4, 0.5) is 0 Å². The van der Waals surface area contributed by atoms with Gasteiger partial charge in [-0.05, 0) is 38.3 Å². The Morgan fingerprint density at radius 2 is 1.87 bits per heavy atom. The topological polar surface area (TPSA) is 28.7 Å². The van der Waals surface area contributed by atoms with E-state index in [1.54, 1.807) is 0 Å². The Balaban J connectivity index is 2.87. The van der Waals surface area contributed by atoms with Crippen molar-refractivity contribution in [1.29, 1.82) is 0 Å². The van der Waals surface area contributed by atoms with Crippen molar-refractivity contribution in [2.75, 3.05) is 0 Å². The van der Waals surface area contributed by atoms with Gasteiger partial charge in [-0.3, -0.25) is 4.98 Å². The molecule has 0 aliphatic rings. The van der Waals surface area contributed by atoms with Crippen molar-refractivity contribution in [3.63, 3.8) is 0 Å². The van der Waals surface area contributed by atoms with Gasteiger partial charge in [-0.25, -0.2) is 0 Å². The van der Waals surface area contributed by atoms with Crippen LogP contribution in [0.3, 0.4) is 0 Å². The van der Waals surface area contributed by atoms with Crippen LogP contribution in [0.5, 0.6) is 0 Å². The van der Waals surface area contributed by atoms with E-state index in [0.29, 0.717) is 5.92 Å². The minimum Gasteiger partial charge on any atom is -0.358 e. The van der Waals surface area contributed by atoms with Crippen molar-refractivity contribution in [3.8, 4) is 0 Å². The van der Waals surface area contributed by atoms with Gasteiger partial charge in [-0.1, -0.05) is 13.8 Å². The predicted octanol–water partition coefficient (Wildman–Crippen LogP) is 3.61. The summed E-state index contributed by atoms with van der Waals surface area (Å²) < 4.78 is 0. The molecule has 0 spiro atoms. The molecule has 1 N–H and O–H groups in total. The number of rotatable bonds is 1. The first kappa shape index (κ1) is 10.2. The van der Waals surface area contributed by atoms with Crippen LogP contribution in [0.2, 0.25) is 0 Å². The molecule has 0 unspecified atom stereocenters. The zero-order chi connectivity index (χ0) is 11.2. The quantitative estimate of drug-likeness (QED) is 0.751. The SMILES string of the molecule is Cc1cc2[nH]c(C)c(C(C)C)c2c(C)n1. The molecular weight excluding hydrogens is 184 g/mol. The number of hydrogen-bond acceptors (Lipinski definition) is 1. The molecule has 0 radical (unpaired) electrons. The lowest BCUT2D eigenvalue weighted by Crippen LogP contribution is -1.92. The molecule has 0 aromatic carbocycles. The maximum absolute atomic E-state index is 4.54. The van der Waals surface area contributed by atoms with E-state index < -0.39 is 0 Å². The smallest absolute Gasteiger partial charge is 0.0495 e. The Kier molecular flexibility index (Phi) is 2.29. The molecule has 0 aliphatic carbocycles. The Bertz CT molecular complexity index is 507. The molecular formula is C13H18N2. The minimum absolute atomic E-state index is 0.543. The normalized spacial score (nSPS) is 11.6. The molecule has 0 saturated heterocycles. The summed E-state index contributed by atoms with van der Waals surface area (Å²) in [4.78, 5) is 7.99. The van der Waals surface area contributed by atoms with Crippen LogP contribution in [0, 0.1) is 20.8 Å². The largest absolute Gasteiger partial charge is 0.358 e.